The molecule has 3 amide bonds. The maximum Gasteiger partial charge on any atom is 0.319 e. The van der Waals surface area contributed by atoms with Gasteiger partial charge in [-0.3, -0.25) is 4.79 Å². The summed E-state index contributed by atoms with van der Waals surface area (Å²) >= 11 is 0. The topological polar surface area (TPSA) is 85.5 Å². The van der Waals surface area contributed by atoms with E-state index in [1.807, 2.05) is 24.3 Å². The van der Waals surface area contributed by atoms with Crippen molar-refractivity contribution < 1.29 is 9.59 Å². The van der Waals surface area contributed by atoms with Gasteiger partial charge in [0.1, 0.15) is 0 Å². The molecular weight excluding hydrogens is 342 g/mol. The molecule has 4 N–H and O–H groups in total. The molecule has 27 heavy (non-hydrogen) atoms. The van der Waals surface area contributed by atoms with Crippen LogP contribution in [0.2, 0.25) is 0 Å². The summed E-state index contributed by atoms with van der Waals surface area (Å²) in [5.41, 5.74) is 1.47. The molecule has 7 nitrogen and oxygen atoms in total. The van der Waals surface area contributed by atoms with Crippen LogP contribution in [0.5, 0.6) is 0 Å². The van der Waals surface area contributed by atoms with Gasteiger partial charge in [0.25, 0.3) is 0 Å². The zero-order chi connectivity index (χ0) is 19.1. The van der Waals surface area contributed by atoms with Crippen LogP contribution in [0.4, 0.5) is 16.2 Å². The van der Waals surface area contributed by atoms with Gasteiger partial charge in [-0.05, 0) is 89.1 Å². The molecule has 7 heteroatoms. The lowest BCUT2D eigenvalue weighted by Gasteiger charge is -2.29. The summed E-state index contributed by atoms with van der Waals surface area (Å²) in [4.78, 5) is 26.5. The smallest absolute Gasteiger partial charge is 0.319 e. The minimum atomic E-state index is -0.175. The van der Waals surface area contributed by atoms with E-state index < -0.39 is 0 Å². The normalized spacial score (nSPS) is 21.0. The van der Waals surface area contributed by atoms with Crippen molar-refractivity contribution in [3.8, 4) is 0 Å². The Hall–Kier alpha value is -2.12. The molecule has 1 unspecified atom stereocenters. The molecular formula is C20H31N5O2. The molecule has 3 rings (SSSR count). The molecule has 1 aromatic carbocycles. The van der Waals surface area contributed by atoms with Gasteiger partial charge in [-0.15, -0.1) is 0 Å². The van der Waals surface area contributed by atoms with Crippen LogP contribution in [0.1, 0.15) is 32.1 Å². The first-order valence-corrected chi connectivity index (χ1v) is 9.95. The summed E-state index contributed by atoms with van der Waals surface area (Å²) in [6.45, 7) is 4.10. The molecule has 2 saturated heterocycles. The predicted molar refractivity (Wildman–Crippen MR) is 108 cm³/mol. The molecule has 0 aliphatic carbocycles. The minimum absolute atomic E-state index is 0.0441. The molecule has 0 bridgehead atoms. The Morgan fingerprint density at radius 1 is 1.07 bits per heavy atom. The van der Waals surface area contributed by atoms with Crippen molar-refractivity contribution in [3.05, 3.63) is 24.3 Å². The number of carbonyl (C=O) groups is 2. The Bertz CT molecular complexity index is 620. The number of hydrogen-bond acceptors (Lipinski definition) is 4. The fraction of sp³-hybridized carbons (Fsp3) is 0.600. The summed E-state index contributed by atoms with van der Waals surface area (Å²) in [6, 6.07) is 7.32. The standard InChI is InChI=1S/C20H31N5O2/c1-25-12-9-18(10-13-25)24-20(27)23-17-5-3-16(4-6-17)22-19(26)7-2-15-8-11-21-14-15/h3-6,15,18,21H,2,7-14H2,1H3,(H,22,26)(H2,23,24,27). The van der Waals surface area contributed by atoms with Crippen LogP contribution in [0.25, 0.3) is 0 Å². The molecule has 1 atom stereocenters. The summed E-state index contributed by atoms with van der Waals surface area (Å²) in [5.74, 6) is 0.660. The van der Waals surface area contributed by atoms with Crippen molar-refractivity contribution in [2.75, 3.05) is 43.9 Å². The highest BCUT2D eigenvalue weighted by molar-refractivity contribution is 5.92. The number of piperidine rings is 1. The maximum atomic E-state index is 12.1. The predicted octanol–water partition coefficient (Wildman–Crippen LogP) is 2.23. The van der Waals surface area contributed by atoms with Gasteiger partial charge in [-0.2, -0.15) is 0 Å². The number of hydrogen-bond donors (Lipinski definition) is 4. The summed E-state index contributed by atoms with van der Waals surface area (Å²) in [6.07, 6.45) is 4.59. The third-order valence-electron chi connectivity index (χ3n) is 5.42. The highest BCUT2D eigenvalue weighted by atomic mass is 16.2. The van der Waals surface area contributed by atoms with Crippen molar-refractivity contribution in [1.29, 1.82) is 0 Å². The highest BCUT2D eigenvalue weighted by Crippen LogP contribution is 2.17. The summed E-state index contributed by atoms with van der Waals surface area (Å²) < 4.78 is 0. The second kappa shape index (κ2) is 9.71. The maximum absolute atomic E-state index is 12.1. The lowest BCUT2D eigenvalue weighted by atomic mass is 10.0. The van der Waals surface area contributed by atoms with Crippen molar-refractivity contribution in [1.82, 2.24) is 15.5 Å². The molecule has 2 heterocycles. The van der Waals surface area contributed by atoms with Gasteiger partial charge >= 0.3 is 6.03 Å². The number of anilines is 2. The van der Waals surface area contributed by atoms with Crippen LogP contribution in [-0.4, -0.2) is 56.1 Å². The second-order valence-corrected chi connectivity index (χ2v) is 7.70. The SMILES string of the molecule is CN1CCC(NC(=O)Nc2ccc(NC(=O)CCC3CCNC3)cc2)CC1. The molecule has 148 valence electrons. The molecule has 1 aromatic rings. The molecule has 2 fully saturated rings. The number of likely N-dealkylation sites (tertiary alicyclic amines) is 1. The van der Waals surface area contributed by atoms with Crippen LogP contribution in [0.15, 0.2) is 24.3 Å². The number of rotatable bonds is 6. The molecule has 2 aliphatic heterocycles. The largest absolute Gasteiger partial charge is 0.335 e. The number of nitrogens with zero attached hydrogens (tertiary/aromatic N) is 1. The lowest BCUT2D eigenvalue weighted by molar-refractivity contribution is -0.116. The van der Waals surface area contributed by atoms with Crippen molar-refractivity contribution in [2.24, 2.45) is 5.92 Å². The fourth-order valence-corrected chi connectivity index (χ4v) is 3.66. The zero-order valence-corrected chi connectivity index (χ0v) is 16.1. The van der Waals surface area contributed by atoms with E-state index in [1.54, 1.807) is 0 Å². The number of amides is 3. The Morgan fingerprint density at radius 3 is 2.37 bits per heavy atom. The van der Waals surface area contributed by atoms with Gasteiger partial charge in [-0.1, -0.05) is 0 Å². The minimum Gasteiger partial charge on any atom is -0.335 e. The monoisotopic (exact) mass is 373 g/mol. The molecule has 0 saturated carbocycles. The number of nitrogens with one attached hydrogen (secondary N) is 4. The summed E-state index contributed by atoms with van der Waals surface area (Å²) in [5, 5.41) is 12.1. The van der Waals surface area contributed by atoms with Gasteiger partial charge < -0.3 is 26.2 Å². The quantitative estimate of drug-likeness (QED) is 0.616. The molecule has 0 spiro atoms. The Balaban J connectivity index is 1.38. The van der Waals surface area contributed by atoms with Crippen LogP contribution in [-0.2, 0) is 4.79 Å². The van der Waals surface area contributed by atoms with E-state index in [9.17, 15) is 9.59 Å². The van der Waals surface area contributed by atoms with Crippen LogP contribution in [0.3, 0.4) is 0 Å². The molecule has 0 aromatic heterocycles. The van der Waals surface area contributed by atoms with Crippen LogP contribution in [0, 0.1) is 5.92 Å². The molecule has 2 aliphatic rings. The van der Waals surface area contributed by atoms with E-state index in [2.05, 4.69) is 33.2 Å². The fourth-order valence-electron chi connectivity index (χ4n) is 3.66. The van der Waals surface area contributed by atoms with Crippen molar-refractivity contribution >= 4 is 23.3 Å². The average molecular weight is 374 g/mol. The van der Waals surface area contributed by atoms with Gasteiger partial charge in [-0.25, -0.2) is 4.79 Å². The lowest BCUT2D eigenvalue weighted by Crippen LogP contribution is -2.44. The number of urea groups is 1. The summed E-state index contributed by atoms with van der Waals surface area (Å²) in [7, 11) is 2.10. The Kier molecular flexibility index (Phi) is 7.06. The first kappa shape index (κ1) is 19.6. The first-order valence-electron chi connectivity index (χ1n) is 9.95. The van der Waals surface area contributed by atoms with E-state index in [1.165, 1.54) is 0 Å². The Labute approximate surface area is 161 Å². The van der Waals surface area contributed by atoms with Crippen molar-refractivity contribution in [2.45, 2.75) is 38.1 Å². The molecule has 0 radical (unpaired) electrons. The third-order valence-corrected chi connectivity index (χ3v) is 5.42. The van der Waals surface area contributed by atoms with E-state index in [0.717, 1.165) is 63.2 Å². The van der Waals surface area contributed by atoms with E-state index in [0.29, 0.717) is 12.3 Å². The third kappa shape index (κ3) is 6.52. The second-order valence-electron chi connectivity index (χ2n) is 7.70. The Morgan fingerprint density at radius 2 is 1.74 bits per heavy atom. The van der Waals surface area contributed by atoms with E-state index in [-0.39, 0.29) is 18.0 Å². The van der Waals surface area contributed by atoms with Gasteiger partial charge in [0, 0.05) is 23.8 Å². The average Bonchev–Trinajstić information content (AvgIpc) is 3.17. The highest BCUT2D eigenvalue weighted by Gasteiger charge is 2.18. The van der Waals surface area contributed by atoms with E-state index >= 15 is 0 Å². The zero-order valence-electron chi connectivity index (χ0n) is 16.1. The van der Waals surface area contributed by atoms with Crippen LogP contribution >= 0.6 is 0 Å². The van der Waals surface area contributed by atoms with Crippen molar-refractivity contribution in [3.63, 3.8) is 0 Å². The number of benzene rings is 1. The van der Waals surface area contributed by atoms with Gasteiger partial charge in [0.15, 0.2) is 0 Å². The first-order chi connectivity index (χ1) is 13.1. The number of carbonyl (C=O) groups excluding carboxylic acids is 2. The van der Waals surface area contributed by atoms with E-state index in [4.69, 9.17) is 0 Å². The van der Waals surface area contributed by atoms with Crippen LogP contribution < -0.4 is 21.3 Å². The van der Waals surface area contributed by atoms with Gasteiger partial charge in [0.05, 0.1) is 0 Å². The van der Waals surface area contributed by atoms with Gasteiger partial charge in [0.2, 0.25) is 5.91 Å².